The quantitative estimate of drug-likeness (QED) is 0.820. The molecule has 2 aromatic rings. The Kier molecular flexibility index (Phi) is 5.29. The molecule has 2 aromatic heterocycles. The molecule has 0 atom stereocenters. The van der Waals surface area contributed by atoms with Crippen molar-refractivity contribution in [2.24, 2.45) is 0 Å². The van der Waals surface area contributed by atoms with Crippen molar-refractivity contribution in [1.82, 2.24) is 15.0 Å². The van der Waals surface area contributed by atoms with Gasteiger partial charge in [0.2, 0.25) is 0 Å². The number of thiazole rings is 1. The molecule has 20 heavy (non-hydrogen) atoms. The second-order valence-electron chi connectivity index (χ2n) is 4.77. The summed E-state index contributed by atoms with van der Waals surface area (Å²) in [7, 11) is 0. The number of anilines is 2. The van der Waals surface area contributed by atoms with Gasteiger partial charge in [-0.05, 0) is 12.8 Å². The van der Waals surface area contributed by atoms with Crippen LogP contribution in [0.5, 0.6) is 0 Å². The van der Waals surface area contributed by atoms with E-state index in [2.05, 4.69) is 46.4 Å². The summed E-state index contributed by atoms with van der Waals surface area (Å²) >= 11 is 1.68. The van der Waals surface area contributed by atoms with Crippen LogP contribution in [0.2, 0.25) is 0 Å². The van der Waals surface area contributed by atoms with Gasteiger partial charge in [0, 0.05) is 36.7 Å². The van der Waals surface area contributed by atoms with Gasteiger partial charge in [0.15, 0.2) is 0 Å². The molecule has 0 saturated carbocycles. The molecule has 108 valence electrons. The number of nitrogens with one attached hydrogen (secondary N) is 2. The lowest BCUT2D eigenvalue weighted by molar-refractivity contribution is 0.842. The van der Waals surface area contributed by atoms with E-state index in [9.17, 15) is 0 Å². The summed E-state index contributed by atoms with van der Waals surface area (Å²) in [4.78, 5) is 13.0. The molecule has 0 bridgehead atoms. The van der Waals surface area contributed by atoms with Crippen LogP contribution in [0, 0.1) is 0 Å². The number of hydrogen-bond acceptors (Lipinski definition) is 6. The van der Waals surface area contributed by atoms with Crippen LogP contribution in [0.4, 0.5) is 11.6 Å². The SMILES string of the molecule is CCNc1ncnc(NCCc2nccs2)c1C(C)C. The highest BCUT2D eigenvalue weighted by molar-refractivity contribution is 7.09. The van der Waals surface area contributed by atoms with Crippen molar-refractivity contribution in [3.8, 4) is 0 Å². The average Bonchev–Trinajstić information content (AvgIpc) is 2.92. The monoisotopic (exact) mass is 291 g/mol. The fraction of sp³-hybridized carbons (Fsp3) is 0.500. The highest BCUT2D eigenvalue weighted by atomic mass is 32.1. The molecule has 2 heterocycles. The first-order valence-corrected chi connectivity index (χ1v) is 7.81. The van der Waals surface area contributed by atoms with Gasteiger partial charge in [-0.3, -0.25) is 0 Å². The summed E-state index contributed by atoms with van der Waals surface area (Å²) in [5.41, 5.74) is 1.15. The van der Waals surface area contributed by atoms with Crippen molar-refractivity contribution in [2.75, 3.05) is 23.7 Å². The van der Waals surface area contributed by atoms with Gasteiger partial charge < -0.3 is 10.6 Å². The van der Waals surface area contributed by atoms with Crippen LogP contribution in [0.25, 0.3) is 0 Å². The first kappa shape index (κ1) is 14.7. The molecule has 0 saturated heterocycles. The number of rotatable bonds is 7. The molecule has 0 aliphatic rings. The van der Waals surface area contributed by atoms with Gasteiger partial charge in [-0.15, -0.1) is 11.3 Å². The first-order valence-electron chi connectivity index (χ1n) is 6.93. The maximum absolute atomic E-state index is 4.38. The van der Waals surface area contributed by atoms with Gasteiger partial charge in [-0.1, -0.05) is 13.8 Å². The van der Waals surface area contributed by atoms with Crippen LogP contribution in [0.1, 0.15) is 37.3 Å². The third-order valence-corrected chi connectivity index (χ3v) is 3.76. The van der Waals surface area contributed by atoms with E-state index in [4.69, 9.17) is 0 Å². The Labute approximate surface area is 123 Å². The lowest BCUT2D eigenvalue weighted by Gasteiger charge is -2.17. The first-order chi connectivity index (χ1) is 9.72. The molecule has 0 spiro atoms. The van der Waals surface area contributed by atoms with Crippen molar-refractivity contribution in [2.45, 2.75) is 33.1 Å². The molecule has 0 radical (unpaired) electrons. The van der Waals surface area contributed by atoms with Gasteiger partial charge in [0.1, 0.15) is 18.0 Å². The summed E-state index contributed by atoms with van der Waals surface area (Å²) in [5, 5.41) is 9.85. The number of hydrogen-bond donors (Lipinski definition) is 2. The Balaban J connectivity index is 2.07. The van der Waals surface area contributed by atoms with Crippen LogP contribution in [0.15, 0.2) is 17.9 Å². The smallest absolute Gasteiger partial charge is 0.134 e. The van der Waals surface area contributed by atoms with Crippen LogP contribution >= 0.6 is 11.3 Å². The van der Waals surface area contributed by atoms with Gasteiger partial charge >= 0.3 is 0 Å². The molecule has 2 rings (SSSR count). The molecule has 0 aliphatic carbocycles. The van der Waals surface area contributed by atoms with E-state index in [-0.39, 0.29) is 0 Å². The standard InChI is InChI=1S/C14H21N5S/c1-4-15-13-12(10(2)3)14(19-9-18-13)17-6-5-11-16-7-8-20-11/h7-10H,4-6H2,1-3H3,(H2,15,17,18,19). The molecular formula is C14H21N5S. The van der Waals surface area contributed by atoms with Gasteiger partial charge in [0.25, 0.3) is 0 Å². The summed E-state index contributed by atoms with van der Waals surface area (Å²) in [6.45, 7) is 8.07. The van der Waals surface area contributed by atoms with Crippen molar-refractivity contribution in [1.29, 1.82) is 0 Å². The molecule has 2 N–H and O–H groups in total. The average molecular weight is 291 g/mol. The second-order valence-corrected chi connectivity index (χ2v) is 5.75. The maximum atomic E-state index is 4.38. The van der Waals surface area contributed by atoms with E-state index in [0.29, 0.717) is 5.92 Å². The van der Waals surface area contributed by atoms with Gasteiger partial charge in [-0.25, -0.2) is 15.0 Å². The Bertz CT molecular complexity index is 524. The third-order valence-electron chi connectivity index (χ3n) is 2.92. The highest BCUT2D eigenvalue weighted by Gasteiger charge is 2.14. The number of aromatic nitrogens is 3. The van der Waals surface area contributed by atoms with E-state index >= 15 is 0 Å². The second kappa shape index (κ2) is 7.19. The van der Waals surface area contributed by atoms with Crippen LogP contribution in [-0.4, -0.2) is 28.0 Å². The Hall–Kier alpha value is -1.69. The lowest BCUT2D eigenvalue weighted by atomic mass is 10.0. The van der Waals surface area contributed by atoms with Crippen LogP contribution in [0.3, 0.4) is 0 Å². The Morgan fingerprint density at radius 2 is 1.90 bits per heavy atom. The van der Waals surface area contributed by atoms with Gasteiger partial charge in [0.05, 0.1) is 5.01 Å². The minimum atomic E-state index is 0.368. The van der Waals surface area contributed by atoms with E-state index in [1.165, 1.54) is 0 Å². The fourth-order valence-electron chi connectivity index (χ4n) is 2.06. The van der Waals surface area contributed by atoms with Crippen LogP contribution in [-0.2, 0) is 6.42 Å². The maximum Gasteiger partial charge on any atom is 0.134 e. The van der Waals surface area contributed by atoms with Crippen molar-refractivity contribution in [3.63, 3.8) is 0 Å². The molecule has 0 aliphatic heterocycles. The minimum Gasteiger partial charge on any atom is -0.370 e. The van der Waals surface area contributed by atoms with E-state index in [0.717, 1.165) is 41.7 Å². The van der Waals surface area contributed by atoms with E-state index < -0.39 is 0 Å². The fourth-order valence-corrected chi connectivity index (χ4v) is 2.68. The Morgan fingerprint density at radius 3 is 2.50 bits per heavy atom. The predicted molar refractivity (Wildman–Crippen MR) is 84.6 cm³/mol. The summed E-state index contributed by atoms with van der Waals surface area (Å²) in [5.74, 6) is 2.21. The van der Waals surface area contributed by atoms with Crippen molar-refractivity contribution >= 4 is 23.0 Å². The number of nitrogens with zero attached hydrogens (tertiary/aromatic N) is 3. The zero-order valence-electron chi connectivity index (χ0n) is 12.2. The predicted octanol–water partition coefficient (Wildman–Crippen LogP) is 3.14. The Morgan fingerprint density at radius 1 is 1.15 bits per heavy atom. The molecule has 6 heteroatoms. The van der Waals surface area contributed by atoms with Crippen LogP contribution < -0.4 is 10.6 Å². The molecule has 0 amide bonds. The van der Waals surface area contributed by atoms with Gasteiger partial charge in [-0.2, -0.15) is 0 Å². The largest absolute Gasteiger partial charge is 0.370 e. The molecule has 0 unspecified atom stereocenters. The van der Waals surface area contributed by atoms with E-state index in [1.54, 1.807) is 17.7 Å². The molecule has 0 fully saturated rings. The lowest BCUT2D eigenvalue weighted by Crippen LogP contribution is -2.13. The van der Waals surface area contributed by atoms with Crippen molar-refractivity contribution < 1.29 is 0 Å². The summed E-state index contributed by atoms with van der Waals surface area (Å²) < 4.78 is 0. The third kappa shape index (κ3) is 3.66. The summed E-state index contributed by atoms with van der Waals surface area (Å²) in [6, 6.07) is 0. The molecule has 0 aromatic carbocycles. The topological polar surface area (TPSA) is 62.7 Å². The van der Waals surface area contributed by atoms with E-state index in [1.807, 2.05) is 11.6 Å². The summed E-state index contributed by atoms with van der Waals surface area (Å²) in [6.07, 6.45) is 4.36. The zero-order chi connectivity index (χ0) is 14.4. The minimum absolute atomic E-state index is 0.368. The highest BCUT2D eigenvalue weighted by Crippen LogP contribution is 2.28. The normalized spacial score (nSPS) is 10.8. The molecular weight excluding hydrogens is 270 g/mol. The zero-order valence-corrected chi connectivity index (χ0v) is 13.0. The molecule has 5 nitrogen and oxygen atoms in total. The van der Waals surface area contributed by atoms with Crippen molar-refractivity contribution in [3.05, 3.63) is 28.5 Å².